The van der Waals surface area contributed by atoms with Crippen LogP contribution < -0.4 is 5.32 Å². The fraction of sp³-hybridized carbons (Fsp3) is 0.882. The summed E-state index contributed by atoms with van der Waals surface area (Å²) in [4.78, 5) is 28.2. The third-order valence-corrected chi connectivity index (χ3v) is 4.94. The van der Waals surface area contributed by atoms with Gasteiger partial charge in [0.15, 0.2) is 0 Å². The first-order chi connectivity index (χ1) is 11.1. The van der Waals surface area contributed by atoms with Crippen molar-refractivity contribution >= 4 is 11.9 Å². The molecule has 1 saturated heterocycles. The first kappa shape index (κ1) is 18.0. The fourth-order valence-corrected chi connectivity index (χ4v) is 3.52. The van der Waals surface area contributed by atoms with Gasteiger partial charge in [0.2, 0.25) is 5.91 Å². The first-order valence-corrected chi connectivity index (χ1v) is 9.03. The second kappa shape index (κ2) is 9.11. The Hall–Kier alpha value is -1.30. The maximum Gasteiger partial charge on any atom is 0.317 e. The predicted octanol–water partition coefficient (Wildman–Crippen LogP) is 1.99. The van der Waals surface area contributed by atoms with Gasteiger partial charge in [-0.05, 0) is 45.4 Å². The molecule has 1 N–H and O–H groups in total. The zero-order valence-electron chi connectivity index (χ0n) is 14.6. The van der Waals surface area contributed by atoms with Gasteiger partial charge in [-0.3, -0.25) is 4.79 Å². The molecule has 2 aliphatic rings. The summed E-state index contributed by atoms with van der Waals surface area (Å²) in [5.74, 6) is 0.189. The number of nitrogens with one attached hydrogen (secondary N) is 1. The smallest absolute Gasteiger partial charge is 0.317 e. The van der Waals surface area contributed by atoms with Crippen molar-refractivity contribution in [3.05, 3.63) is 0 Å². The van der Waals surface area contributed by atoms with Crippen LogP contribution in [0, 0.1) is 0 Å². The molecule has 0 unspecified atom stereocenters. The highest BCUT2D eigenvalue weighted by Gasteiger charge is 2.33. The molecule has 0 aromatic heterocycles. The van der Waals surface area contributed by atoms with Crippen LogP contribution in [0.4, 0.5) is 4.79 Å². The van der Waals surface area contributed by atoms with Crippen molar-refractivity contribution in [2.75, 3.05) is 32.8 Å². The van der Waals surface area contributed by atoms with Crippen molar-refractivity contribution in [2.24, 2.45) is 0 Å². The zero-order chi connectivity index (χ0) is 16.7. The number of carbonyl (C=O) groups is 2. The summed E-state index contributed by atoms with van der Waals surface area (Å²) in [6, 6.07) is 0.714. The SMILES string of the molecule is CCOCCNC(=O)N1CCC[C@H](N(C(C)=O)C2CCC2)CC1. The number of amides is 3. The minimum Gasteiger partial charge on any atom is -0.380 e. The molecule has 132 valence electrons. The van der Waals surface area contributed by atoms with E-state index in [1.807, 2.05) is 11.8 Å². The molecule has 0 radical (unpaired) electrons. The molecule has 1 atom stereocenters. The van der Waals surface area contributed by atoms with Gasteiger partial charge in [0.25, 0.3) is 0 Å². The molecule has 1 heterocycles. The number of carbonyl (C=O) groups excluding carboxylic acids is 2. The Labute approximate surface area is 139 Å². The van der Waals surface area contributed by atoms with Crippen molar-refractivity contribution in [3.63, 3.8) is 0 Å². The topological polar surface area (TPSA) is 61.9 Å². The fourth-order valence-electron chi connectivity index (χ4n) is 3.52. The Kier molecular flexibility index (Phi) is 7.15. The Morgan fingerprint density at radius 1 is 1.13 bits per heavy atom. The lowest BCUT2D eigenvalue weighted by Gasteiger charge is -2.42. The van der Waals surface area contributed by atoms with Crippen LogP contribution in [0.2, 0.25) is 0 Å². The van der Waals surface area contributed by atoms with Gasteiger partial charge in [0.1, 0.15) is 0 Å². The van der Waals surface area contributed by atoms with E-state index >= 15 is 0 Å². The van der Waals surface area contributed by atoms with Crippen LogP contribution in [-0.4, -0.2) is 66.7 Å². The average Bonchev–Trinajstić information content (AvgIpc) is 2.72. The number of nitrogens with zero attached hydrogens (tertiary/aromatic N) is 2. The van der Waals surface area contributed by atoms with Crippen LogP contribution in [0.25, 0.3) is 0 Å². The van der Waals surface area contributed by atoms with Crippen LogP contribution in [0.5, 0.6) is 0 Å². The molecule has 0 spiro atoms. The molecule has 3 amide bonds. The second-order valence-corrected chi connectivity index (χ2v) is 6.51. The summed E-state index contributed by atoms with van der Waals surface area (Å²) in [5.41, 5.74) is 0. The molecule has 2 rings (SSSR count). The van der Waals surface area contributed by atoms with Gasteiger partial charge in [-0.15, -0.1) is 0 Å². The minimum atomic E-state index is -0.0108. The van der Waals surface area contributed by atoms with E-state index in [9.17, 15) is 9.59 Å². The van der Waals surface area contributed by atoms with Crippen LogP contribution >= 0.6 is 0 Å². The third-order valence-electron chi connectivity index (χ3n) is 4.94. The lowest BCUT2D eigenvalue weighted by atomic mass is 9.89. The van der Waals surface area contributed by atoms with Gasteiger partial charge in [0.05, 0.1) is 6.61 Å². The number of urea groups is 1. The molecule has 0 bridgehead atoms. The highest BCUT2D eigenvalue weighted by atomic mass is 16.5. The largest absolute Gasteiger partial charge is 0.380 e. The van der Waals surface area contributed by atoms with Crippen LogP contribution in [0.3, 0.4) is 0 Å². The van der Waals surface area contributed by atoms with Gasteiger partial charge >= 0.3 is 6.03 Å². The highest BCUT2D eigenvalue weighted by molar-refractivity contribution is 5.75. The molecule has 6 nitrogen and oxygen atoms in total. The monoisotopic (exact) mass is 325 g/mol. The second-order valence-electron chi connectivity index (χ2n) is 6.51. The van der Waals surface area contributed by atoms with E-state index in [0.717, 1.165) is 45.2 Å². The van der Waals surface area contributed by atoms with E-state index in [2.05, 4.69) is 10.2 Å². The third kappa shape index (κ3) is 5.09. The molecular weight excluding hydrogens is 294 g/mol. The van der Waals surface area contributed by atoms with Gasteiger partial charge < -0.3 is 19.9 Å². The Bertz CT molecular complexity index is 399. The lowest BCUT2D eigenvalue weighted by molar-refractivity contribution is -0.136. The zero-order valence-corrected chi connectivity index (χ0v) is 14.6. The summed E-state index contributed by atoms with van der Waals surface area (Å²) in [5, 5.41) is 2.91. The highest BCUT2D eigenvalue weighted by Crippen LogP contribution is 2.30. The number of hydrogen-bond donors (Lipinski definition) is 1. The molecule has 1 aliphatic carbocycles. The van der Waals surface area contributed by atoms with E-state index in [1.165, 1.54) is 6.42 Å². The number of ether oxygens (including phenoxy) is 1. The molecule has 6 heteroatoms. The molecule has 0 aromatic carbocycles. The van der Waals surface area contributed by atoms with Crippen molar-refractivity contribution < 1.29 is 14.3 Å². The Balaban J connectivity index is 1.81. The maximum atomic E-state index is 12.2. The van der Waals surface area contributed by atoms with E-state index in [-0.39, 0.29) is 11.9 Å². The molecule has 0 aromatic rings. The Morgan fingerprint density at radius 2 is 1.83 bits per heavy atom. The van der Waals surface area contributed by atoms with Gasteiger partial charge in [-0.25, -0.2) is 4.79 Å². The molecule has 1 aliphatic heterocycles. The summed E-state index contributed by atoms with van der Waals surface area (Å²) in [7, 11) is 0. The summed E-state index contributed by atoms with van der Waals surface area (Å²) in [6.07, 6.45) is 6.35. The van der Waals surface area contributed by atoms with Crippen LogP contribution in [0.1, 0.15) is 52.4 Å². The number of rotatable bonds is 6. The van der Waals surface area contributed by atoms with Crippen molar-refractivity contribution in [1.82, 2.24) is 15.1 Å². The average molecular weight is 325 g/mol. The molecule has 23 heavy (non-hydrogen) atoms. The number of hydrogen-bond acceptors (Lipinski definition) is 3. The van der Waals surface area contributed by atoms with E-state index < -0.39 is 0 Å². The lowest BCUT2D eigenvalue weighted by Crippen LogP contribution is -2.49. The van der Waals surface area contributed by atoms with E-state index in [1.54, 1.807) is 6.92 Å². The normalized spacial score (nSPS) is 22.2. The Morgan fingerprint density at radius 3 is 2.43 bits per heavy atom. The van der Waals surface area contributed by atoms with Gasteiger partial charge in [0, 0.05) is 45.2 Å². The maximum absolute atomic E-state index is 12.2. The van der Waals surface area contributed by atoms with E-state index in [0.29, 0.717) is 31.8 Å². The quantitative estimate of drug-likeness (QED) is 0.760. The predicted molar refractivity (Wildman–Crippen MR) is 89.3 cm³/mol. The van der Waals surface area contributed by atoms with Crippen molar-refractivity contribution in [2.45, 2.75) is 64.5 Å². The van der Waals surface area contributed by atoms with E-state index in [4.69, 9.17) is 4.74 Å². The first-order valence-electron chi connectivity index (χ1n) is 9.03. The molecule has 2 fully saturated rings. The van der Waals surface area contributed by atoms with Crippen molar-refractivity contribution in [1.29, 1.82) is 0 Å². The number of likely N-dealkylation sites (tertiary alicyclic amines) is 1. The van der Waals surface area contributed by atoms with Crippen molar-refractivity contribution in [3.8, 4) is 0 Å². The molecular formula is C17H31N3O3. The summed E-state index contributed by atoms with van der Waals surface area (Å²) in [6.45, 7) is 6.89. The van der Waals surface area contributed by atoms with Crippen LogP contribution in [0.15, 0.2) is 0 Å². The molecule has 1 saturated carbocycles. The minimum absolute atomic E-state index is 0.0108. The summed E-state index contributed by atoms with van der Waals surface area (Å²) < 4.78 is 5.24. The van der Waals surface area contributed by atoms with Gasteiger partial charge in [-0.1, -0.05) is 0 Å². The standard InChI is InChI=1S/C17H31N3O3/c1-3-23-13-10-18-17(22)19-11-5-8-16(9-12-19)20(14(2)21)15-6-4-7-15/h15-16H,3-13H2,1-2H3,(H,18,22)/t16-/m0/s1. The van der Waals surface area contributed by atoms with Crippen LogP contribution in [-0.2, 0) is 9.53 Å². The van der Waals surface area contributed by atoms with Gasteiger partial charge in [-0.2, -0.15) is 0 Å². The summed E-state index contributed by atoms with van der Waals surface area (Å²) >= 11 is 0.